The first-order valence-electron chi connectivity index (χ1n) is 6.63. The first-order valence-corrected chi connectivity index (χ1v) is 13.1. The van der Waals surface area contributed by atoms with E-state index in [0.29, 0.717) is 6.54 Å². The fourth-order valence-electron chi connectivity index (χ4n) is 1.89. The number of carbonyl (C=O) groups is 2. The third kappa shape index (κ3) is 4.11. The summed E-state index contributed by atoms with van der Waals surface area (Å²) in [7, 11) is -0.306. The second-order valence-corrected chi connectivity index (χ2v) is 12.1. The molecule has 0 spiro atoms. The van der Waals surface area contributed by atoms with Gasteiger partial charge in [-0.25, -0.2) is 0 Å². The van der Waals surface area contributed by atoms with Gasteiger partial charge in [-0.2, -0.15) is 0 Å². The summed E-state index contributed by atoms with van der Waals surface area (Å²) in [5.74, 6) is -0.738. The number of benzene rings is 1. The predicted molar refractivity (Wildman–Crippen MR) is 88.4 cm³/mol. The summed E-state index contributed by atoms with van der Waals surface area (Å²) in [6, 6.07) is 5.00. The number of hydrogen-bond acceptors (Lipinski definition) is 5. The Kier molecular flexibility index (Phi) is 5.29. The Morgan fingerprint density at radius 1 is 1.45 bits per heavy atom. The molecule has 1 atom stereocenters. The van der Waals surface area contributed by atoms with E-state index in [1.807, 2.05) is 0 Å². The molecule has 2 rings (SSSR count). The van der Waals surface area contributed by atoms with Crippen molar-refractivity contribution >= 4 is 40.1 Å². The molecule has 22 heavy (non-hydrogen) atoms. The van der Waals surface area contributed by atoms with Gasteiger partial charge in [0.25, 0.3) is 0 Å². The number of rotatable bonds is 5. The van der Waals surface area contributed by atoms with Crippen LogP contribution >= 0.6 is 19.3 Å². The molecule has 9 heteroatoms. The second kappa shape index (κ2) is 6.83. The van der Waals surface area contributed by atoms with Crippen LogP contribution in [-0.4, -0.2) is 30.8 Å². The van der Waals surface area contributed by atoms with E-state index in [-0.39, 0.29) is 23.7 Å². The summed E-state index contributed by atoms with van der Waals surface area (Å²) in [5, 5.41) is 2.62. The maximum atomic E-state index is 11.7. The van der Waals surface area contributed by atoms with Gasteiger partial charge in [0.05, 0.1) is 0 Å². The van der Waals surface area contributed by atoms with Gasteiger partial charge in [0.2, 0.25) is 0 Å². The summed E-state index contributed by atoms with van der Waals surface area (Å²) in [4.78, 5) is 23.1. The third-order valence-electron chi connectivity index (χ3n) is 2.92. The molecule has 1 radical (unpaired) electrons. The van der Waals surface area contributed by atoms with Crippen LogP contribution in [0.15, 0.2) is 18.2 Å². The Morgan fingerprint density at radius 2 is 2.18 bits per heavy atom. The molecule has 1 heterocycles. The molecular formula is C13H17INO6Si. The Balaban J connectivity index is 1.95. The van der Waals surface area contributed by atoms with E-state index < -0.39 is 31.3 Å². The van der Waals surface area contributed by atoms with Gasteiger partial charge in [-0.3, -0.25) is 0 Å². The van der Waals surface area contributed by atoms with Crippen molar-refractivity contribution in [1.82, 2.24) is 5.32 Å². The fourth-order valence-corrected chi connectivity index (χ4v) is 5.53. The molecule has 1 aromatic rings. The zero-order valence-electron chi connectivity index (χ0n) is 12.2. The fraction of sp³-hybridized carbons (Fsp3) is 0.385. The first kappa shape index (κ1) is 17.0. The molecular weight excluding hydrogens is 421 g/mol. The van der Waals surface area contributed by atoms with Gasteiger partial charge in [-0.15, -0.1) is 0 Å². The molecule has 0 bridgehead atoms. The third-order valence-corrected chi connectivity index (χ3v) is 7.68. The van der Waals surface area contributed by atoms with Crippen molar-refractivity contribution in [2.45, 2.75) is 25.6 Å². The minimum absolute atomic E-state index is 0.00905. The number of fused-ring (bicyclic) bond motifs is 1. The number of ether oxygens (including phenoxy) is 1. The van der Waals surface area contributed by atoms with E-state index in [0.717, 1.165) is 12.5 Å². The summed E-state index contributed by atoms with van der Waals surface area (Å²) in [6.07, 6.45) is 0.272. The van der Waals surface area contributed by atoms with Crippen LogP contribution in [0.3, 0.4) is 0 Å². The van der Waals surface area contributed by atoms with Gasteiger partial charge in [0.15, 0.2) is 0 Å². The molecule has 0 saturated heterocycles. The predicted octanol–water partition coefficient (Wildman–Crippen LogP) is 2.47. The average Bonchev–Trinajstić information content (AvgIpc) is 2.64. The summed E-state index contributed by atoms with van der Waals surface area (Å²) in [6.45, 7) is 4.93. The molecule has 7 nitrogen and oxygen atoms in total. The topological polar surface area (TPSA) is 102 Å². The normalized spacial score (nSPS) is 22.6. The van der Waals surface area contributed by atoms with Crippen LogP contribution in [0.4, 0.5) is 4.79 Å². The standard InChI is InChI=1S/C13H17INO6Si/c1-22(2)7-3-6-15-13(17)20-9-4-5-11-10(8-9)12(16)21-14(11,18)19/h4-5,8H,3,6-7H2,1-2H3,(H,15,17)(H,18,19). The number of hydrogen-bond donors (Lipinski definition) is 2. The monoisotopic (exact) mass is 438 g/mol. The van der Waals surface area contributed by atoms with Gasteiger partial charge >= 0.3 is 135 Å². The van der Waals surface area contributed by atoms with Crippen molar-refractivity contribution in [3.8, 4) is 5.75 Å². The van der Waals surface area contributed by atoms with Gasteiger partial charge in [-0.1, -0.05) is 0 Å². The number of amides is 1. The van der Waals surface area contributed by atoms with Gasteiger partial charge in [0.1, 0.15) is 0 Å². The molecule has 2 N–H and O–H groups in total. The molecule has 1 aliphatic rings. The van der Waals surface area contributed by atoms with Crippen molar-refractivity contribution in [2.24, 2.45) is 0 Å². The van der Waals surface area contributed by atoms with Crippen molar-refractivity contribution < 1.29 is 23.9 Å². The zero-order chi connectivity index (χ0) is 16.3. The molecule has 1 amide bonds. The summed E-state index contributed by atoms with van der Waals surface area (Å²) >= 11 is -4.82. The van der Waals surface area contributed by atoms with Crippen molar-refractivity contribution in [1.29, 1.82) is 0 Å². The summed E-state index contributed by atoms with van der Waals surface area (Å²) in [5.41, 5.74) is -0.0246. The first-order chi connectivity index (χ1) is 10.3. The van der Waals surface area contributed by atoms with E-state index in [1.54, 1.807) is 0 Å². The molecule has 1 aliphatic heterocycles. The van der Waals surface area contributed by atoms with Gasteiger partial charge in [-0.05, 0) is 0 Å². The van der Waals surface area contributed by atoms with Crippen LogP contribution in [0, 0.1) is 3.57 Å². The van der Waals surface area contributed by atoms with Crippen molar-refractivity contribution in [2.75, 3.05) is 6.54 Å². The van der Waals surface area contributed by atoms with Gasteiger partial charge < -0.3 is 0 Å². The van der Waals surface area contributed by atoms with Crippen LogP contribution < -0.4 is 10.1 Å². The Labute approximate surface area is 134 Å². The number of halogens is 1. The molecule has 0 fully saturated rings. The Morgan fingerprint density at radius 3 is 2.86 bits per heavy atom. The van der Waals surface area contributed by atoms with Gasteiger partial charge in [0, 0.05) is 0 Å². The van der Waals surface area contributed by atoms with E-state index >= 15 is 0 Å². The second-order valence-electron chi connectivity index (χ2n) is 5.07. The van der Waals surface area contributed by atoms with Crippen LogP contribution in [0.25, 0.3) is 0 Å². The SMILES string of the molecule is C[Si](C)CCCNC(=O)Oc1ccc2c(c1)C(=O)OI2(=O)O. The Bertz CT molecular complexity index is 647. The molecule has 0 aromatic heterocycles. The van der Waals surface area contributed by atoms with Crippen LogP contribution in [0.5, 0.6) is 5.75 Å². The summed E-state index contributed by atoms with van der Waals surface area (Å²) < 4.78 is 30.7. The minimum atomic E-state index is -4.82. The molecule has 121 valence electrons. The zero-order valence-corrected chi connectivity index (χ0v) is 15.4. The molecule has 0 saturated carbocycles. The molecule has 1 aromatic carbocycles. The van der Waals surface area contributed by atoms with Crippen molar-refractivity contribution in [3.63, 3.8) is 0 Å². The molecule has 1 unspecified atom stereocenters. The van der Waals surface area contributed by atoms with E-state index in [2.05, 4.69) is 21.5 Å². The van der Waals surface area contributed by atoms with E-state index in [9.17, 15) is 16.1 Å². The van der Waals surface area contributed by atoms with E-state index in [4.69, 9.17) is 4.74 Å². The maximum absolute atomic E-state index is 11.7. The molecule has 0 aliphatic carbocycles. The Hall–Kier alpha value is -1.33. The van der Waals surface area contributed by atoms with Crippen LogP contribution in [0.1, 0.15) is 16.8 Å². The quantitative estimate of drug-likeness (QED) is 0.416. The number of carbonyl (C=O) groups excluding carboxylic acids is 2. The average molecular weight is 438 g/mol. The van der Waals surface area contributed by atoms with Crippen molar-refractivity contribution in [3.05, 3.63) is 27.3 Å². The van der Waals surface area contributed by atoms with E-state index in [1.165, 1.54) is 18.2 Å². The van der Waals surface area contributed by atoms with Crippen LogP contribution in [-0.2, 0) is 6.14 Å². The van der Waals surface area contributed by atoms with Crippen LogP contribution in [0.2, 0.25) is 19.1 Å². The number of nitrogens with one attached hydrogen (secondary N) is 1.